The van der Waals surface area contributed by atoms with Crippen LogP contribution >= 0.6 is 0 Å². The highest BCUT2D eigenvalue weighted by Crippen LogP contribution is 2.84. The number of benzene rings is 2. The molecule has 0 radical (unpaired) electrons. The third-order valence-corrected chi connectivity index (χ3v) is 7.47. The van der Waals surface area contributed by atoms with Crippen LogP contribution < -0.4 is 0 Å². The molecule has 0 N–H and O–H groups in total. The van der Waals surface area contributed by atoms with Gasteiger partial charge in [-0.15, -0.1) is 0 Å². The first kappa shape index (κ1) is 17.2. The molecule has 6 heteroatoms. The summed E-state index contributed by atoms with van der Waals surface area (Å²) >= 11 is 0. The number of ether oxygens (including phenoxy) is 3. The van der Waals surface area contributed by atoms with Crippen molar-refractivity contribution < 1.29 is 23.8 Å². The maximum atomic E-state index is 13.2. The number of methoxy groups -OCH3 is 2. The van der Waals surface area contributed by atoms with Crippen molar-refractivity contribution in [1.82, 2.24) is 4.90 Å². The number of esters is 2. The van der Waals surface area contributed by atoms with Gasteiger partial charge in [-0.05, 0) is 16.7 Å². The van der Waals surface area contributed by atoms with Crippen LogP contribution in [0.3, 0.4) is 0 Å². The number of hydrogen-bond acceptors (Lipinski definition) is 6. The second-order valence-corrected chi connectivity index (χ2v) is 8.25. The molecule has 6 nitrogen and oxygen atoms in total. The molecule has 0 amide bonds. The number of likely N-dealkylation sites (tertiary alicyclic amines) is 1. The van der Waals surface area contributed by atoms with Crippen LogP contribution in [-0.4, -0.2) is 42.1 Å². The van der Waals surface area contributed by atoms with E-state index in [1.165, 1.54) is 14.2 Å². The molecule has 3 aliphatic heterocycles. The summed E-state index contributed by atoms with van der Waals surface area (Å²) in [5.41, 5.74) is 1.20. The molecule has 148 valence electrons. The van der Waals surface area contributed by atoms with E-state index in [1.54, 1.807) is 0 Å². The Morgan fingerprint density at radius 2 is 1.34 bits per heavy atom. The topological polar surface area (TPSA) is 64.8 Å². The fourth-order valence-corrected chi connectivity index (χ4v) is 6.58. The first-order valence-corrected chi connectivity index (χ1v) is 9.86. The maximum Gasteiger partial charge on any atom is 0.329 e. The molecule has 2 aromatic carbocycles. The second kappa shape index (κ2) is 5.46. The molecule has 1 saturated carbocycles. The minimum absolute atomic E-state index is 0.127. The van der Waals surface area contributed by atoms with Crippen molar-refractivity contribution in [1.29, 1.82) is 0 Å². The van der Waals surface area contributed by atoms with Crippen molar-refractivity contribution in [2.24, 2.45) is 11.8 Å². The average Bonchev–Trinajstić information content (AvgIpc) is 3.02. The Labute approximate surface area is 168 Å². The van der Waals surface area contributed by atoms with E-state index in [2.05, 4.69) is 12.1 Å². The summed E-state index contributed by atoms with van der Waals surface area (Å²) in [6.07, 6.45) is -0.419. The Bertz CT molecular complexity index is 978. The summed E-state index contributed by atoms with van der Waals surface area (Å²) in [4.78, 5) is 28.4. The Kier molecular flexibility index (Phi) is 3.24. The molecule has 1 unspecified atom stereocenters. The molecule has 29 heavy (non-hydrogen) atoms. The number of hydrogen-bond donors (Lipinski definition) is 0. The second-order valence-electron chi connectivity index (χ2n) is 8.25. The van der Waals surface area contributed by atoms with Crippen molar-refractivity contribution in [3.05, 3.63) is 71.3 Å². The van der Waals surface area contributed by atoms with Gasteiger partial charge < -0.3 is 14.2 Å². The van der Waals surface area contributed by atoms with Gasteiger partial charge in [-0.2, -0.15) is 0 Å². The lowest BCUT2D eigenvalue weighted by atomic mass is 9.51. The van der Waals surface area contributed by atoms with E-state index in [0.29, 0.717) is 6.54 Å². The smallest absolute Gasteiger partial charge is 0.329 e. The first-order chi connectivity index (χ1) is 14.1. The SMILES string of the molecule is COC(=O)[C@@]12[C@@H]3[C@@H]([C@@H]4O[C@H]3c3ccccc34)[C@]1(C(=O)OC)N2Cc1ccccc1. The highest BCUT2D eigenvalue weighted by atomic mass is 16.5. The van der Waals surface area contributed by atoms with E-state index in [0.717, 1.165) is 16.7 Å². The fraction of sp³-hybridized carbons (Fsp3) is 0.391. The van der Waals surface area contributed by atoms with Gasteiger partial charge in [0.25, 0.3) is 0 Å². The van der Waals surface area contributed by atoms with Gasteiger partial charge in [-0.1, -0.05) is 54.6 Å². The predicted molar refractivity (Wildman–Crippen MR) is 101 cm³/mol. The summed E-state index contributed by atoms with van der Waals surface area (Å²) in [5, 5.41) is 0. The molecule has 6 rings (SSSR count). The van der Waals surface area contributed by atoms with Crippen molar-refractivity contribution >= 4 is 11.9 Å². The largest absolute Gasteiger partial charge is 0.468 e. The molecule has 1 aliphatic carbocycles. The number of rotatable bonds is 4. The normalized spacial score (nSPS) is 39.6. The molecular formula is C23H21NO5. The summed E-state index contributed by atoms with van der Waals surface area (Å²) < 4.78 is 16.8. The Balaban J connectivity index is 1.50. The minimum Gasteiger partial charge on any atom is -0.468 e. The lowest BCUT2D eigenvalue weighted by molar-refractivity contribution is -0.162. The third-order valence-electron chi connectivity index (χ3n) is 7.47. The van der Waals surface area contributed by atoms with Crippen LogP contribution in [0.15, 0.2) is 54.6 Å². The number of fused-ring (bicyclic) bond motifs is 11. The molecule has 2 bridgehead atoms. The van der Waals surface area contributed by atoms with E-state index in [4.69, 9.17) is 14.2 Å². The van der Waals surface area contributed by atoms with Crippen LogP contribution in [-0.2, 0) is 30.3 Å². The van der Waals surface area contributed by atoms with Gasteiger partial charge in [0, 0.05) is 18.4 Å². The molecule has 4 aliphatic rings. The minimum atomic E-state index is -1.04. The van der Waals surface area contributed by atoms with Gasteiger partial charge in [0.05, 0.1) is 26.4 Å². The molecule has 0 aromatic heterocycles. The number of carbonyl (C=O) groups is 2. The van der Waals surface area contributed by atoms with Crippen LogP contribution in [0, 0.1) is 11.8 Å². The number of nitrogens with zero attached hydrogens (tertiary/aromatic N) is 1. The first-order valence-electron chi connectivity index (χ1n) is 9.86. The fourth-order valence-electron chi connectivity index (χ4n) is 6.58. The zero-order valence-corrected chi connectivity index (χ0v) is 16.2. The molecule has 3 heterocycles. The molecule has 2 aromatic rings. The van der Waals surface area contributed by atoms with Gasteiger partial charge >= 0.3 is 11.9 Å². The van der Waals surface area contributed by atoms with Crippen LogP contribution in [0.2, 0.25) is 0 Å². The van der Waals surface area contributed by atoms with Gasteiger partial charge in [-0.25, -0.2) is 9.59 Å². The van der Waals surface area contributed by atoms with Crippen molar-refractivity contribution in [2.45, 2.75) is 29.8 Å². The standard InChI is InChI=1S/C23H21NO5/c1-27-20(25)22-16-17(19-15-11-7-6-10-14(15)18(16)29-19)23(22,21(26)28-2)24(22)12-13-8-4-3-5-9-13/h3-11,16-19H,12H2,1-2H3/t16-,17+,18+,19-,22+,23-,24?. The highest BCUT2D eigenvalue weighted by Gasteiger charge is 3.01. The monoisotopic (exact) mass is 391 g/mol. The summed E-state index contributed by atoms with van der Waals surface area (Å²) in [6, 6.07) is 18.0. The van der Waals surface area contributed by atoms with E-state index in [9.17, 15) is 9.59 Å². The summed E-state index contributed by atoms with van der Waals surface area (Å²) in [6.45, 7) is 0.480. The maximum absolute atomic E-state index is 13.2. The van der Waals surface area contributed by atoms with E-state index in [1.807, 2.05) is 47.4 Å². The van der Waals surface area contributed by atoms with Crippen LogP contribution in [0.4, 0.5) is 0 Å². The van der Waals surface area contributed by atoms with E-state index >= 15 is 0 Å². The Hall–Kier alpha value is -2.70. The van der Waals surface area contributed by atoms with Gasteiger partial charge in [0.15, 0.2) is 11.1 Å². The predicted octanol–water partition coefficient (Wildman–Crippen LogP) is 2.40. The average molecular weight is 391 g/mol. The lowest BCUT2D eigenvalue weighted by Crippen LogP contribution is -2.64. The third kappa shape index (κ3) is 1.65. The summed E-state index contributed by atoms with van der Waals surface area (Å²) in [7, 11) is 2.76. The molecule has 3 fully saturated rings. The Morgan fingerprint density at radius 1 is 0.862 bits per heavy atom. The van der Waals surface area contributed by atoms with Crippen LogP contribution in [0.25, 0.3) is 0 Å². The molecule has 2 saturated heterocycles. The van der Waals surface area contributed by atoms with Crippen molar-refractivity contribution in [2.75, 3.05) is 14.2 Å². The molecule has 7 atom stereocenters. The van der Waals surface area contributed by atoms with Crippen molar-refractivity contribution in [3.8, 4) is 0 Å². The molecular weight excluding hydrogens is 370 g/mol. The van der Waals surface area contributed by atoms with Gasteiger partial charge in [0.2, 0.25) is 0 Å². The van der Waals surface area contributed by atoms with Gasteiger partial charge in [0.1, 0.15) is 0 Å². The summed E-state index contributed by atoms with van der Waals surface area (Å²) in [5.74, 6) is -1.02. The van der Waals surface area contributed by atoms with E-state index in [-0.39, 0.29) is 36.0 Å². The van der Waals surface area contributed by atoms with Crippen LogP contribution in [0.5, 0.6) is 0 Å². The van der Waals surface area contributed by atoms with Crippen molar-refractivity contribution in [3.63, 3.8) is 0 Å². The lowest BCUT2D eigenvalue weighted by Gasteiger charge is -2.45. The van der Waals surface area contributed by atoms with E-state index < -0.39 is 11.1 Å². The zero-order chi connectivity index (χ0) is 20.0. The van der Waals surface area contributed by atoms with Crippen LogP contribution in [0.1, 0.15) is 28.9 Å². The Morgan fingerprint density at radius 3 is 1.83 bits per heavy atom. The van der Waals surface area contributed by atoms with Gasteiger partial charge in [-0.3, -0.25) is 4.90 Å². The zero-order valence-electron chi connectivity index (χ0n) is 16.2. The quantitative estimate of drug-likeness (QED) is 0.453. The molecule has 0 spiro atoms. The highest BCUT2D eigenvalue weighted by molar-refractivity contribution is 6.06. The number of carbonyl (C=O) groups excluding carboxylic acids is 2.